The molecule has 2 N–H and O–H groups in total. The largest absolute Gasteiger partial charge is 0.508 e. The predicted molar refractivity (Wildman–Crippen MR) is 76.1 cm³/mol. The number of aryl methyl sites for hydroxylation is 1. The van der Waals surface area contributed by atoms with Crippen LogP contribution in [-0.4, -0.2) is 20.9 Å². The van der Waals surface area contributed by atoms with E-state index >= 15 is 0 Å². The fourth-order valence-corrected chi connectivity index (χ4v) is 1.97. The zero-order chi connectivity index (χ0) is 13.8. The normalized spacial score (nSPS) is 11.2. The van der Waals surface area contributed by atoms with Gasteiger partial charge in [-0.15, -0.1) is 0 Å². The minimum atomic E-state index is 0.295. The molecular weight excluding hydrogens is 238 g/mol. The second-order valence-electron chi connectivity index (χ2n) is 5.14. The second kappa shape index (κ2) is 5.89. The third-order valence-electron chi connectivity index (χ3n) is 3.00. The molecule has 0 radical (unpaired) electrons. The van der Waals surface area contributed by atoms with E-state index in [1.165, 1.54) is 5.56 Å². The van der Waals surface area contributed by atoms with Gasteiger partial charge in [0.15, 0.2) is 0 Å². The van der Waals surface area contributed by atoms with Crippen LogP contribution in [0.1, 0.15) is 30.7 Å². The maximum absolute atomic E-state index is 9.46. The Labute approximate surface area is 114 Å². The number of hydrogen-bond donors (Lipinski definition) is 2. The molecule has 0 atom stereocenters. The number of aromatic hydroxyl groups is 1. The van der Waals surface area contributed by atoms with Crippen molar-refractivity contribution in [3.05, 3.63) is 47.3 Å². The van der Waals surface area contributed by atoms with Crippen LogP contribution in [0, 0.1) is 6.92 Å². The molecule has 102 valence electrons. The molecule has 0 saturated carbocycles. The lowest BCUT2D eigenvalue weighted by molar-refractivity contribution is 0.474. The highest BCUT2D eigenvalue weighted by Gasteiger charge is 2.06. The smallest absolute Gasteiger partial charge is 0.115 e. The highest BCUT2D eigenvalue weighted by Crippen LogP contribution is 2.13. The Morgan fingerprint density at radius 1 is 1.37 bits per heavy atom. The van der Waals surface area contributed by atoms with Gasteiger partial charge in [-0.2, -0.15) is 5.10 Å². The van der Waals surface area contributed by atoms with Gasteiger partial charge in [0, 0.05) is 24.3 Å². The van der Waals surface area contributed by atoms with Crippen LogP contribution in [0.2, 0.25) is 0 Å². The Hall–Kier alpha value is -1.81. The first-order valence-electron chi connectivity index (χ1n) is 6.59. The van der Waals surface area contributed by atoms with Crippen molar-refractivity contribution in [3.8, 4) is 5.75 Å². The van der Waals surface area contributed by atoms with Gasteiger partial charge in [-0.05, 0) is 24.6 Å². The highest BCUT2D eigenvalue weighted by molar-refractivity contribution is 5.27. The fraction of sp³-hybridized carbons (Fsp3) is 0.400. The van der Waals surface area contributed by atoms with Crippen LogP contribution in [0.5, 0.6) is 5.75 Å². The van der Waals surface area contributed by atoms with Gasteiger partial charge in [0.1, 0.15) is 5.75 Å². The van der Waals surface area contributed by atoms with Crippen molar-refractivity contribution < 1.29 is 5.11 Å². The zero-order valence-corrected chi connectivity index (χ0v) is 11.7. The molecule has 0 saturated heterocycles. The molecule has 0 amide bonds. The van der Waals surface area contributed by atoms with Gasteiger partial charge in [-0.1, -0.05) is 26.0 Å². The molecule has 0 unspecified atom stereocenters. The summed E-state index contributed by atoms with van der Waals surface area (Å²) in [5, 5.41) is 17.4. The van der Waals surface area contributed by atoms with Crippen molar-refractivity contribution in [2.45, 2.75) is 39.9 Å². The summed E-state index contributed by atoms with van der Waals surface area (Å²) < 4.78 is 1.92. The Morgan fingerprint density at radius 2 is 2.16 bits per heavy atom. The predicted octanol–water partition coefficient (Wildman–Crippen LogP) is 2.44. The topological polar surface area (TPSA) is 50.1 Å². The molecule has 2 rings (SSSR count). The number of hydrogen-bond acceptors (Lipinski definition) is 3. The molecule has 0 aliphatic heterocycles. The third-order valence-corrected chi connectivity index (χ3v) is 3.00. The van der Waals surface area contributed by atoms with Crippen LogP contribution in [0.25, 0.3) is 0 Å². The van der Waals surface area contributed by atoms with E-state index in [0.29, 0.717) is 18.3 Å². The van der Waals surface area contributed by atoms with E-state index in [-0.39, 0.29) is 0 Å². The quantitative estimate of drug-likeness (QED) is 0.867. The Balaban J connectivity index is 2.07. The van der Waals surface area contributed by atoms with Gasteiger partial charge < -0.3 is 10.4 Å². The molecule has 1 aromatic heterocycles. The number of nitrogens with one attached hydrogen (secondary N) is 1. The molecule has 0 fully saturated rings. The number of aromatic nitrogens is 2. The summed E-state index contributed by atoms with van der Waals surface area (Å²) in [5.74, 6) is 0.295. The maximum atomic E-state index is 9.46. The third kappa shape index (κ3) is 3.83. The lowest BCUT2D eigenvalue weighted by atomic mass is 10.2. The molecule has 1 aromatic carbocycles. The first-order chi connectivity index (χ1) is 9.04. The summed E-state index contributed by atoms with van der Waals surface area (Å²) in [6.07, 6.45) is 2.06. The summed E-state index contributed by atoms with van der Waals surface area (Å²) >= 11 is 0. The number of benzene rings is 1. The summed E-state index contributed by atoms with van der Waals surface area (Å²) in [6, 6.07) is 7.75. The van der Waals surface area contributed by atoms with Gasteiger partial charge >= 0.3 is 0 Å². The molecular formula is C15H21N3O. The Kier molecular flexibility index (Phi) is 4.22. The van der Waals surface area contributed by atoms with E-state index in [1.807, 2.05) is 23.7 Å². The van der Waals surface area contributed by atoms with Gasteiger partial charge in [-0.3, -0.25) is 4.68 Å². The number of nitrogens with zero attached hydrogens (tertiary/aromatic N) is 2. The van der Waals surface area contributed by atoms with E-state index in [0.717, 1.165) is 17.8 Å². The molecule has 0 aliphatic carbocycles. The average molecular weight is 259 g/mol. The van der Waals surface area contributed by atoms with E-state index in [4.69, 9.17) is 0 Å². The van der Waals surface area contributed by atoms with Crippen LogP contribution < -0.4 is 5.32 Å². The molecule has 0 spiro atoms. The number of phenolic OH excluding ortho intramolecular Hbond substituents is 1. The molecule has 19 heavy (non-hydrogen) atoms. The molecule has 0 aliphatic rings. The highest BCUT2D eigenvalue weighted by atomic mass is 16.3. The summed E-state index contributed by atoms with van der Waals surface area (Å²) in [7, 11) is 0. The van der Waals surface area contributed by atoms with E-state index in [9.17, 15) is 5.11 Å². The Morgan fingerprint density at radius 3 is 2.84 bits per heavy atom. The zero-order valence-electron chi connectivity index (χ0n) is 11.7. The van der Waals surface area contributed by atoms with Crippen LogP contribution in [0.3, 0.4) is 0 Å². The van der Waals surface area contributed by atoms with Crippen molar-refractivity contribution >= 4 is 0 Å². The Bertz CT molecular complexity index is 546. The molecule has 2 aromatic rings. The van der Waals surface area contributed by atoms with Crippen molar-refractivity contribution in [1.82, 2.24) is 15.1 Å². The van der Waals surface area contributed by atoms with Crippen molar-refractivity contribution in [1.29, 1.82) is 0 Å². The standard InChI is InChI=1S/C15H21N3O/c1-11(2)16-8-14-10-18(17-12(14)3)9-13-5-4-6-15(19)7-13/h4-7,10-11,16,19H,8-9H2,1-3H3. The van der Waals surface area contributed by atoms with Gasteiger partial charge in [0.2, 0.25) is 0 Å². The number of rotatable bonds is 5. The van der Waals surface area contributed by atoms with Crippen molar-refractivity contribution in [3.63, 3.8) is 0 Å². The average Bonchev–Trinajstić information content (AvgIpc) is 2.67. The van der Waals surface area contributed by atoms with Gasteiger partial charge in [-0.25, -0.2) is 0 Å². The van der Waals surface area contributed by atoms with E-state index < -0.39 is 0 Å². The lowest BCUT2D eigenvalue weighted by Crippen LogP contribution is -2.21. The molecule has 0 bridgehead atoms. The first-order valence-corrected chi connectivity index (χ1v) is 6.59. The monoisotopic (exact) mass is 259 g/mol. The maximum Gasteiger partial charge on any atom is 0.115 e. The van der Waals surface area contributed by atoms with Crippen molar-refractivity contribution in [2.75, 3.05) is 0 Å². The summed E-state index contributed by atoms with van der Waals surface area (Å²) in [5.41, 5.74) is 3.31. The van der Waals surface area contributed by atoms with E-state index in [2.05, 4.69) is 30.5 Å². The minimum absolute atomic E-state index is 0.295. The van der Waals surface area contributed by atoms with Gasteiger partial charge in [0.05, 0.1) is 12.2 Å². The van der Waals surface area contributed by atoms with Crippen LogP contribution in [-0.2, 0) is 13.1 Å². The van der Waals surface area contributed by atoms with Crippen LogP contribution in [0.4, 0.5) is 0 Å². The molecule has 4 heteroatoms. The summed E-state index contributed by atoms with van der Waals surface area (Å²) in [6.45, 7) is 7.80. The first kappa shape index (κ1) is 13.6. The van der Waals surface area contributed by atoms with Crippen LogP contribution in [0.15, 0.2) is 30.5 Å². The SMILES string of the molecule is Cc1nn(Cc2cccc(O)c2)cc1CNC(C)C. The molecule has 4 nitrogen and oxygen atoms in total. The number of phenols is 1. The van der Waals surface area contributed by atoms with Crippen LogP contribution >= 0.6 is 0 Å². The van der Waals surface area contributed by atoms with Crippen molar-refractivity contribution in [2.24, 2.45) is 0 Å². The van der Waals surface area contributed by atoms with E-state index in [1.54, 1.807) is 12.1 Å². The molecule has 1 heterocycles. The fourth-order valence-electron chi connectivity index (χ4n) is 1.97. The minimum Gasteiger partial charge on any atom is -0.508 e. The lowest BCUT2D eigenvalue weighted by Gasteiger charge is -2.06. The van der Waals surface area contributed by atoms with Gasteiger partial charge in [0.25, 0.3) is 0 Å². The second-order valence-corrected chi connectivity index (χ2v) is 5.14. The summed E-state index contributed by atoms with van der Waals surface area (Å²) in [4.78, 5) is 0.